The number of aliphatic hydroxyl groups is 1. The number of urea groups is 1. The van der Waals surface area contributed by atoms with Crippen molar-refractivity contribution in [1.29, 1.82) is 0 Å². The second kappa shape index (κ2) is 7.55. The molecule has 0 radical (unpaired) electrons. The second-order valence-corrected chi connectivity index (χ2v) is 4.71. The molecule has 4 N–H and O–H groups in total. The van der Waals surface area contributed by atoms with Crippen molar-refractivity contribution in [1.82, 2.24) is 10.6 Å². The zero-order chi connectivity index (χ0) is 13.0. The highest BCUT2D eigenvalue weighted by atomic mass is 35.5. The number of carbonyl (C=O) groups excluding carboxylic acids is 1. The number of amides is 2. The number of benzene rings is 1. The van der Waals surface area contributed by atoms with Gasteiger partial charge in [0, 0.05) is 17.3 Å². The SMILES string of the molecule is Cl.O=C(Nc1ccc(Cl)cc1)N[C@@H]1CNCC[C@H]1O. The largest absolute Gasteiger partial charge is 0.391 e. The molecule has 0 aliphatic carbocycles. The van der Waals surface area contributed by atoms with E-state index >= 15 is 0 Å². The van der Waals surface area contributed by atoms with Crippen LogP contribution in [-0.2, 0) is 0 Å². The first-order chi connectivity index (χ1) is 8.65. The lowest BCUT2D eigenvalue weighted by Crippen LogP contribution is -2.54. The summed E-state index contributed by atoms with van der Waals surface area (Å²) >= 11 is 5.75. The van der Waals surface area contributed by atoms with Crippen LogP contribution >= 0.6 is 24.0 Å². The van der Waals surface area contributed by atoms with Gasteiger partial charge in [0.1, 0.15) is 0 Å². The molecule has 7 heteroatoms. The molecule has 0 bridgehead atoms. The molecular formula is C12H17Cl2N3O2. The molecule has 1 aliphatic heterocycles. The van der Waals surface area contributed by atoms with E-state index < -0.39 is 6.10 Å². The van der Waals surface area contributed by atoms with Crippen molar-refractivity contribution < 1.29 is 9.90 Å². The Hall–Kier alpha value is -1.01. The van der Waals surface area contributed by atoms with Gasteiger partial charge in [-0.1, -0.05) is 11.6 Å². The van der Waals surface area contributed by atoms with Crippen LogP contribution in [0.1, 0.15) is 6.42 Å². The Morgan fingerprint density at radius 1 is 1.37 bits per heavy atom. The number of piperidine rings is 1. The summed E-state index contributed by atoms with van der Waals surface area (Å²) in [6.45, 7) is 1.35. The van der Waals surface area contributed by atoms with Gasteiger partial charge in [0.25, 0.3) is 0 Å². The fourth-order valence-corrected chi connectivity index (χ4v) is 1.99. The van der Waals surface area contributed by atoms with Crippen LogP contribution in [0.5, 0.6) is 0 Å². The highest BCUT2D eigenvalue weighted by Gasteiger charge is 2.24. The number of hydrogen-bond donors (Lipinski definition) is 4. The van der Waals surface area contributed by atoms with Crippen LogP contribution < -0.4 is 16.0 Å². The zero-order valence-corrected chi connectivity index (χ0v) is 11.8. The third-order valence-electron chi connectivity index (χ3n) is 2.86. The van der Waals surface area contributed by atoms with Crippen LogP contribution in [0, 0.1) is 0 Å². The Bertz CT molecular complexity index is 414. The molecule has 1 saturated heterocycles. The van der Waals surface area contributed by atoms with Gasteiger partial charge >= 0.3 is 6.03 Å². The van der Waals surface area contributed by atoms with Gasteiger partial charge in [0.05, 0.1) is 12.1 Å². The van der Waals surface area contributed by atoms with E-state index in [2.05, 4.69) is 16.0 Å². The van der Waals surface area contributed by atoms with Gasteiger partial charge in [-0.3, -0.25) is 0 Å². The smallest absolute Gasteiger partial charge is 0.319 e. The third kappa shape index (κ3) is 4.87. The van der Waals surface area contributed by atoms with Crippen LogP contribution in [0.2, 0.25) is 5.02 Å². The van der Waals surface area contributed by atoms with E-state index in [9.17, 15) is 9.90 Å². The molecule has 1 fully saturated rings. The van der Waals surface area contributed by atoms with Crippen molar-refractivity contribution in [2.24, 2.45) is 0 Å². The fraction of sp³-hybridized carbons (Fsp3) is 0.417. The Morgan fingerprint density at radius 2 is 2.05 bits per heavy atom. The number of nitrogens with one attached hydrogen (secondary N) is 3. The van der Waals surface area contributed by atoms with Crippen LogP contribution in [-0.4, -0.2) is 36.4 Å². The predicted octanol–water partition coefficient (Wildman–Crippen LogP) is 1.61. The fourth-order valence-electron chi connectivity index (χ4n) is 1.86. The number of halogens is 2. The summed E-state index contributed by atoms with van der Waals surface area (Å²) in [7, 11) is 0. The monoisotopic (exact) mass is 305 g/mol. The minimum absolute atomic E-state index is 0. The topological polar surface area (TPSA) is 73.4 Å². The molecule has 2 atom stereocenters. The van der Waals surface area contributed by atoms with Crippen LogP contribution in [0.25, 0.3) is 0 Å². The van der Waals surface area contributed by atoms with E-state index in [-0.39, 0.29) is 24.5 Å². The van der Waals surface area contributed by atoms with Gasteiger partial charge in [-0.05, 0) is 37.2 Å². The summed E-state index contributed by atoms with van der Waals surface area (Å²) in [4.78, 5) is 11.7. The van der Waals surface area contributed by atoms with Gasteiger partial charge in [-0.15, -0.1) is 12.4 Å². The molecule has 0 unspecified atom stereocenters. The van der Waals surface area contributed by atoms with Crippen LogP contribution in [0.4, 0.5) is 10.5 Å². The number of rotatable bonds is 2. The molecule has 2 rings (SSSR count). The second-order valence-electron chi connectivity index (χ2n) is 4.27. The van der Waals surface area contributed by atoms with E-state index in [4.69, 9.17) is 11.6 Å². The molecule has 19 heavy (non-hydrogen) atoms. The van der Waals surface area contributed by atoms with Crippen LogP contribution in [0.15, 0.2) is 24.3 Å². The molecule has 5 nitrogen and oxygen atoms in total. The molecule has 1 aromatic rings. The Kier molecular flexibility index (Phi) is 6.37. The molecule has 106 valence electrons. The van der Waals surface area contributed by atoms with Crippen LogP contribution in [0.3, 0.4) is 0 Å². The van der Waals surface area contributed by atoms with Gasteiger partial charge in [-0.2, -0.15) is 0 Å². The van der Waals surface area contributed by atoms with Crippen molar-refractivity contribution in [2.45, 2.75) is 18.6 Å². The summed E-state index contributed by atoms with van der Waals surface area (Å²) < 4.78 is 0. The highest BCUT2D eigenvalue weighted by Crippen LogP contribution is 2.13. The van der Waals surface area contributed by atoms with E-state index in [1.54, 1.807) is 24.3 Å². The number of carbonyl (C=O) groups is 1. The summed E-state index contributed by atoms with van der Waals surface area (Å²) in [5.74, 6) is 0. The van der Waals surface area contributed by atoms with E-state index in [0.717, 1.165) is 6.54 Å². The maximum absolute atomic E-state index is 11.7. The summed E-state index contributed by atoms with van der Waals surface area (Å²) in [6, 6.07) is 6.26. The Morgan fingerprint density at radius 3 is 2.68 bits per heavy atom. The van der Waals surface area contributed by atoms with Gasteiger partial charge in [-0.25, -0.2) is 4.79 Å². The predicted molar refractivity (Wildman–Crippen MR) is 78.1 cm³/mol. The van der Waals surface area contributed by atoms with E-state index in [1.807, 2.05) is 0 Å². The Labute approximate surface area is 123 Å². The number of anilines is 1. The first-order valence-corrected chi connectivity index (χ1v) is 6.25. The third-order valence-corrected chi connectivity index (χ3v) is 3.12. The highest BCUT2D eigenvalue weighted by molar-refractivity contribution is 6.30. The quantitative estimate of drug-likeness (QED) is 0.671. The lowest BCUT2D eigenvalue weighted by atomic mass is 10.0. The van der Waals surface area contributed by atoms with Gasteiger partial charge in [0.15, 0.2) is 0 Å². The maximum Gasteiger partial charge on any atom is 0.319 e. The average molecular weight is 306 g/mol. The van der Waals surface area contributed by atoms with E-state index in [1.165, 1.54) is 0 Å². The number of hydrogen-bond acceptors (Lipinski definition) is 3. The van der Waals surface area contributed by atoms with E-state index in [0.29, 0.717) is 23.7 Å². The van der Waals surface area contributed by atoms with Crippen molar-refractivity contribution in [3.05, 3.63) is 29.3 Å². The first kappa shape index (κ1) is 16.0. The zero-order valence-electron chi connectivity index (χ0n) is 10.2. The normalized spacial score (nSPS) is 22.2. The van der Waals surface area contributed by atoms with Crippen molar-refractivity contribution in [2.75, 3.05) is 18.4 Å². The summed E-state index contributed by atoms with van der Waals surface area (Å²) in [6.07, 6.45) is 0.147. The van der Waals surface area contributed by atoms with Gasteiger partial charge < -0.3 is 21.1 Å². The lowest BCUT2D eigenvalue weighted by molar-refractivity contribution is 0.103. The summed E-state index contributed by atoms with van der Waals surface area (Å²) in [5, 5.41) is 18.9. The molecule has 0 aromatic heterocycles. The molecule has 2 amide bonds. The maximum atomic E-state index is 11.7. The van der Waals surface area contributed by atoms with Crippen molar-refractivity contribution in [3.63, 3.8) is 0 Å². The van der Waals surface area contributed by atoms with Crippen molar-refractivity contribution in [3.8, 4) is 0 Å². The molecule has 1 aromatic carbocycles. The Balaban J connectivity index is 0.00000180. The lowest BCUT2D eigenvalue weighted by Gasteiger charge is -2.29. The standard InChI is InChI=1S/C12H16ClN3O2.ClH/c13-8-1-3-9(4-2-8)15-12(18)16-10-7-14-6-5-11(10)17;/h1-4,10-11,14,17H,5-7H2,(H2,15,16,18);1H/t10-,11-;/m1./s1. The molecule has 1 aliphatic rings. The number of aliphatic hydroxyl groups excluding tert-OH is 1. The first-order valence-electron chi connectivity index (χ1n) is 5.87. The molecule has 0 saturated carbocycles. The average Bonchev–Trinajstić information content (AvgIpc) is 2.35. The molecule has 1 heterocycles. The van der Waals surface area contributed by atoms with Gasteiger partial charge in [0.2, 0.25) is 0 Å². The molecular weight excluding hydrogens is 289 g/mol. The minimum Gasteiger partial charge on any atom is -0.391 e. The minimum atomic E-state index is -0.498. The van der Waals surface area contributed by atoms with Crippen molar-refractivity contribution >= 4 is 35.7 Å². The summed E-state index contributed by atoms with van der Waals surface area (Å²) in [5.41, 5.74) is 0.662. The molecule has 0 spiro atoms.